The van der Waals surface area contributed by atoms with Gasteiger partial charge in [0.2, 0.25) is 0 Å². The lowest BCUT2D eigenvalue weighted by molar-refractivity contribution is 0.151. The standard InChI is InChI=1S/C14H24ClN3O/c1-9(2)16-14(8-19)6-5-12(7-14)18-11(4)13(15)10(3)17-18/h9,12,16,19H,5-8H2,1-4H3. The van der Waals surface area contributed by atoms with Crippen LogP contribution in [-0.4, -0.2) is 33.1 Å². The quantitative estimate of drug-likeness (QED) is 0.894. The van der Waals surface area contributed by atoms with Crippen molar-refractivity contribution in [3.05, 3.63) is 16.4 Å². The second kappa shape index (κ2) is 5.43. The van der Waals surface area contributed by atoms with E-state index in [-0.39, 0.29) is 12.1 Å². The molecule has 0 spiro atoms. The van der Waals surface area contributed by atoms with Gasteiger partial charge in [0, 0.05) is 11.6 Å². The molecule has 0 aromatic carbocycles. The van der Waals surface area contributed by atoms with Gasteiger partial charge in [0.25, 0.3) is 0 Å². The molecule has 1 aliphatic carbocycles. The number of aryl methyl sites for hydroxylation is 1. The number of rotatable bonds is 4. The van der Waals surface area contributed by atoms with E-state index in [4.69, 9.17) is 11.6 Å². The molecule has 1 aromatic heterocycles. The van der Waals surface area contributed by atoms with Gasteiger partial charge < -0.3 is 10.4 Å². The third-order valence-electron chi connectivity index (χ3n) is 4.06. The second-order valence-electron chi connectivity index (χ2n) is 6.06. The average molecular weight is 286 g/mol. The van der Waals surface area contributed by atoms with E-state index in [0.717, 1.165) is 35.7 Å². The van der Waals surface area contributed by atoms with Crippen molar-refractivity contribution in [2.75, 3.05) is 6.61 Å². The molecule has 1 aromatic rings. The van der Waals surface area contributed by atoms with E-state index in [0.29, 0.717) is 12.1 Å². The topological polar surface area (TPSA) is 50.1 Å². The van der Waals surface area contributed by atoms with Crippen molar-refractivity contribution >= 4 is 11.6 Å². The molecule has 19 heavy (non-hydrogen) atoms. The zero-order valence-corrected chi connectivity index (χ0v) is 13.0. The summed E-state index contributed by atoms with van der Waals surface area (Å²) in [6.07, 6.45) is 2.90. The molecule has 1 aliphatic rings. The minimum atomic E-state index is -0.169. The van der Waals surface area contributed by atoms with Crippen LogP contribution in [0.2, 0.25) is 5.02 Å². The molecule has 0 bridgehead atoms. The lowest BCUT2D eigenvalue weighted by atomic mass is 9.97. The molecule has 4 nitrogen and oxygen atoms in total. The van der Waals surface area contributed by atoms with E-state index < -0.39 is 0 Å². The van der Waals surface area contributed by atoms with Crippen LogP contribution in [0.25, 0.3) is 0 Å². The Bertz CT molecular complexity index is 458. The van der Waals surface area contributed by atoms with Gasteiger partial charge in [-0.3, -0.25) is 4.68 Å². The van der Waals surface area contributed by atoms with Crippen molar-refractivity contribution in [3.63, 3.8) is 0 Å². The van der Waals surface area contributed by atoms with Crippen LogP contribution in [-0.2, 0) is 0 Å². The van der Waals surface area contributed by atoms with Crippen LogP contribution in [0.4, 0.5) is 0 Å². The summed E-state index contributed by atoms with van der Waals surface area (Å²) in [4.78, 5) is 0. The molecule has 108 valence electrons. The maximum Gasteiger partial charge on any atom is 0.0844 e. The molecule has 2 atom stereocenters. The molecular weight excluding hydrogens is 262 g/mol. The van der Waals surface area contributed by atoms with E-state index in [1.165, 1.54) is 0 Å². The number of hydrogen-bond acceptors (Lipinski definition) is 3. The number of aliphatic hydroxyl groups excluding tert-OH is 1. The molecular formula is C14H24ClN3O. The van der Waals surface area contributed by atoms with Gasteiger partial charge in [-0.05, 0) is 33.1 Å². The van der Waals surface area contributed by atoms with Gasteiger partial charge in [-0.1, -0.05) is 25.4 Å². The maximum atomic E-state index is 9.74. The molecule has 2 rings (SSSR count). The Morgan fingerprint density at radius 2 is 2.21 bits per heavy atom. The monoisotopic (exact) mass is 285 g/mol. The summed E-state index contributed by atoms with van der Waals surface area (Å²) < 4.78 is 2.04. The summed E-state index contributed by atoms with van der Waals surface area (Å²) in [7, 11) is 0. The molecule has 0 amide bonds. The minimum absolute atomic E-state index is 0.169. The van der Waals surface area contributed by atoms with Crippen molar-refractivity contribution in [1.82, 2.24) is 15.1 Å². The van der Waals surface area contributed by atoms with Crippen LogP contribution in [0.3, 0.4) is 0 Å². The Balaban J connectivity index is 2.19. The molecule has 2 N–H and O–H groups in total. The Kier molecular flexibility index (Phi) is 4.23. The van der Waals surface area contributed by atoms with Gasteiger partial charge in [0.05, 0.1) is 29.1 Å². The smallest absolute Gasteiger partial charge is 0.0844 e. The third-order valence-corrected chi connectivity index (χ3v) is 4.61. The summed E-state index contributed by atoms with van der Waals surface area (Å²) in [6, 6.07) is 0.694. The molecule has 1 saturated carbocycles. The van der Waals surface area contributed by atoms with E-state index in [1.54, 1.807) is 0 Å². The molecule has 2 unspecified atom stereocenters. The predicted octanol–water partition coefficient (Wildman–Crippen LogP) is 2.61. The summed E-state index contributed by atoms with van der Waals surface area (Å²) in [5.41, 5.74) is 1.75. The number of nitrogens with one attached hydrogen (secondary N) is 1. The van der Waals surface area contributed by atoms with Crippen LogP contribution in [0, 0.1) is 13.8 Å². The van der Waals surface area contributed by atoms with Crippen LogP contribution in [0.1, 0.15) is 50.5 Å². The highest BCUT2D eigenvalue weighted by atomic mass is 35.5. The third kappa shape index (κ3) is 2.81. The van der Waals surface area contributed by atoms with Crippen molar-refractivity contribution in [1.29, 1.82) is 0 Å². The summed E-state index contributed by atoms with van der Waals surface area (Å²) >= 11 is 6.22. The zero-order valence-electron chi connectivity index (χ0n) is 12.2. The highest BCUT2D eigenvalue weighted by molar-refractivity contribution is 6.31. The van der Waals surface area contributed by atoms with Gasteiger partial charge in [-0.2, -0.15) is 5.10 Å². The van der Waals surface area contributed by atoms with Crippen molar-refractivity contribution in [2.24, 2.45) is 0 Å². The van der Waals surface area contributed by atoms with Gasteiger partial charge >= 0.3 is 0 Å². The molecule has 1 heterocycles. The van der Waals surface area contributed by atoms with Gasteiger partial charge in [0.1, 0.15) is 0 Å². The molecule has 0 radical (unpaired) electrons. The number of halogens is 1. The summed E-state index contributed by atoms with van der Waals surface area (Å²) in [5.74, 6) is 0. The lowest BCUT2D eigenvalue weighted by Gasteiger charge is -2.31. The Morgan fingerprint density at radius 1 is 1.53 bits per heavy atom. The van der Waals surface area contributed by atoms with E-state index in [2.05, 4.69) is 24.3 Å². The Morgan fingerprint density at radius 3 is 2.68 bits per heavy atom. The number of aromatic nitrogens is 2. The zero-order chi connectivity index (χ0) is 14.2. The normalized spacial score (nSPS) is 27.4. The van der Waals surface area contributed by atoms with Gasteiger partial charge in [-0.15, -0.1) is 0 Å². The number of hydrogen-bond donors (Lipinski definition) is 2. The molecule has 0 saturated heterocycles. The summed E-state index contributed by atoms with van der Waals surface area (Å²) in [6.45, 7) is 8.36. The first-order valence-electron chi connectivity index (χ1n) is 6.98. The fourth-order valence-electron chi connectivity index (χ4n) is 3.24. The largest absolute Gasteiger partial charge is 0.394 e. The van der Waals surface area contributed by atoms with Crippen LogP contribution >= 0.6 is 11.6 Å². The predicted molar refractivity (Wildman–Crippen MR) is 77.7 cm³/mol. The van der Waals surface area contributed by atoms with E-state index in [1.807, 2.05) is 18.5 Å². The SMILES string of the molecule is Cc1nn(C2CCC(CO)(NC(C)C)C2)c(C)c1Cl. The Labute approximate surface area is 120 Å². The number of aliphatic hydroxyl groups is 1. The van der Waals surface area contributed by atoms with E-state index in [9.17, 15) is 5.11 Å². The average Bonchev–Trinajstić information content (AvgIpc) is 2.87. The maximum absolute atomic E-state index is 9.74. The number of nitrogens with zero attached hydrogens (tertiary/aromatic N) is 2. The first-order valence-corrected chi connectivity index (χ1v) is 7.36. The van der Waals surface area contributed by atoms with Crippen LogP contribution in [0.15, 0.2) is 0 Å². The first-order chi connectivity index (χ1) is 8.88. The molecule has 0 aliphatic heterocycles. The summed E-state index contributed by atoms with van der Waals surface area (Å²) in [5, 5.41) is 18.6. The van der Waals surface area contributed by atoms with Gasteiger partial charge in [0.15, 0.2) is 0 Å². The second-order valence-corrected chi connectivity index (χ2v) is 6.44. The minimum Gasteiger partial charge on any atom is -0.394 e. The molecule has 1 fully saturated rings. The van der Waals surface area contributed by atoms with E-state index >= 15 is 0 Å². The highest BCUT2D eigenvalue weighted by Crippen LogP contribution is 2.39. The van der Waals surface area contributed by atoms with Gasteiger partial charge in [-0.25, -0.2) is 0 Å². The fourth-order valence-corrected chi connectivity index (χ4v) is 3.36. The molecule has 5 heteroatoms. The highest BCUT2D eigenvalue weighted by Gasteiger charge is 2.40. The fraction of sp³-hybridized carbons (Fsp3) is 0.786. The lowest BCUT2D eigenvalue weighted by Crippen LogP contribution is -2.49. The van der Waals surface area contributed by atoms with Crippen molar-refractivity contribution in [2.45, 2.75) is 64.6 Å². The first kappa shape index (κ1) is 14.8. The van der Waals surface area contributed by atoms with Crippen LogP contribution in [0.5, 0.6) is 0 Å². The van der Waals surface area contributed by atoms with Crippen LogP contribution < -0.4 is 5.32 Å². The van der Waals surface area contributed by atoms with Crippen molar-refractivity contribution < 1.29 is 5.11 Å². The van der Waals surface area contributed by atoms with Crippen molar-refractivity contribution in [3.8, 4) is 0 Å². The Hall–Kier alpha value is -0.580.